The summed E-state index contributed by atoms with van der Waals surface area (Å²) in [5.74, 6) is 2.53. The minimum Gasteiger partial charge on any atom is -0.512 e. The standard InChI is InChI=1S/C40H40N8O2/c1-23-12-13-48(21-23)22-28-14-30(17-41)38-36(15-28)47-40(50-38)33-10-6-8-31(25(33)3)32-9-7-11-34(26(32)4)46-39-37-35(44-27(5)45-39)16-29(20-43-37)19-42-18-24(2)49/h6-11,14-16,20,23,42,49H,2,12-13,18-19,21-22H2,1,3-5H3,(H,44,45,46). The Labute approximate surface area is 291 Å². The number of nitrogens with zero attached hydrogens (tertiary/aromatic N) is 6. The van der Waals surface area contributed by atoms with E-state index in [0.717, 1.165) is 69.8 Å². The van der Waals surface area contributed by atoms with Gasteiger partial charge in [-0.1, -0.05) is 37.8 Å². The van der Waals surface area contributed by atoms with E-state index in [9.17, 15) is 10.4 Å². The summed E-state index contributed by atoms with van der Waals surface area (Å²) < 4.78 is 6.32. The molecule has 3 aromatic carbocycles. The fraction of sp³-hybridized carbons (Fsp3) is 0.275. The number of nitrogens with one attached hydrogen (secondary N) is 2. The Morgan fingerprint density at radius 1 is 1.00 bits per heavy atom. The maximum atomic E-state index is 10.0. The first kappa shape index (κ1) is 32.9. The van der Waals surface area contributed by atoms with Crippen LogP contribution in [0.15, 0.2) is 77.5 Å². The third kappa shape index (κ3) is 6.66. The lowest BCUT2D eigenvalue weighted by molar-refractivity contribution is 0.320. The molecule has 10 nitrogen and oxygen atoms in total. The number of anilines is 2. The molecule has 1 unspecified atom stereocenters. The molecule has 0 aliphatic carbocycles. The van der Waals surface area contributed by atoms with Crippen molar-refractivity contribution in [3.8, 4) is 28.7 Å². The van der Waals surface area contributed by atoms with Crippen LogP contribution in [0.3, 0.4) is 0 Å². The minimum atomic E-state index is 0.0831. The number of pyridine rings is 1. The Hall–Kier alpha value is -5.63. The van der Waals surface area contributed by atoms with Crippen LogP contribution in [-0.4, -0.2) is 49.6 Å². The van der Waals surface area contributed by atoms with Gasteiger partial charge in [0.25, 0.3) is 0 Å². The SMILES string of the molecule is C=C(O)CNCc1cnc2c(Nc3cccc(-c4cccc(-c5nc6cc(CN7CCC(C)C7)cc(C#N)c6o5)c4C)c3C)nc(C)nc2c1. The number of benzene rings is 3. The second-order valence-electron chi connectivity index (χ2n) is 13.3. The Morgan fingerprint density at radius 2 is 1.76 bits per heavy atom. The van der Waals surface area contributed by atoms with Crippen LogP contribution < -0.4 is 10.6 Å². The van der Waals surface area contributed by atoms with Gasteiger partial charge in [0.1, 0.15) is 22.9 Å². The lowest BCUT2D eigenvalue weighted by atomic mass is 9.93. The van der Waals surface area contributed by atoms with E-state index in [1.165, 1.54) is 6.42 Å². The highest BCUT2D eigenvalue weighted by molar-refractivity contribution is 5.89. The lowest BCUT2D eigenvalue weighted by Gasteiger charge is -2.17. The molecule has 0 spiro atoms. The van der Waals surface area contributed by atoms with Crippen molar-refractivity contribution in [2.45, 2.75) is 47.2 Å². The summed E-state index contributed by atoms with van der Waals surface area (Å²) >= 11 is 0. The van der Waals surface area contributed by atoms with Crippen molar-refractivity contribution in [1.29, 1.82) is 5.26 Å². The summed E-state index contributed by atoms with van der Waals surface area (Å²) in [5.41, 5.74) is 11.1. The fourth-order valence-corrected chi connectivity index (χ4v) is 6.87. The van der Waals surface area contributed by atoms with Gasteiger partial charge in [-0.05, 0) is 103 Å². The third-order valence-corrected chi connectivity index (χ3v) is 9.39. The molecule has 7 rings (SSSR count). The summed E-state index contributed by atoms with van der Waals surface area (Å²) in [4.78, 5) is 21.4. The molecule has 252 valence electrons. The molecule has 50 heavy (non-hydrogen) atoms. The van der Waals surface area contributed by atoms with Crippen LogP contribution in [0, 0.1) is 38.0 Å². The van der Waals surface area contributed by atoms with Gasteiger partial charge in [0.2, 0.25) is 5.89 Å². The first-order chi connectivity index (χ1) is 24.2. The largest absolute Gasteiger partial charge is 0.512 e. The molecule has 3 N–H and O–H groups in total. The molecule has 4 heterocycles. The van der Waals surface area contributed by atoms with Crippen LogP contribution >= 0.6 is 0 Å². The van der Waals surface area contributed by atoms with Gasteiger partial charge in [0.15, 0.2) is 11.4 Å². The predicted octanol–water partition coefficient (Wildman–Crippen LogP) is 8.04. The van der Waals surface area contributed by atoms with E-state index in [2.05, 4.69) is 72.1 Å². The Kier molecular flexibility index (Phi) is 9.02. The highest BCUT2D eigenvalue weighted by atomic mass is 16.3. The van der Waals surface area contributed by atoms with Gasteiger partial charge >= 0.3 is 0 Å². The molecule has 0 amide bonds. The van der Waals surface area contributed by atoms with E-state index in [0.29, 0.717) is 58.7 Å². The predicted molar refractivity (Wildman–Crippen MR) is 197 cm³/mol. The zero-order valence-corrected chi connectivity index (χ0v) is 28.8. The summed E-state index contributed by atoms with van der Waals surface area (Å²) in [5, 5.41) is 26.1. The van der Waals surface area contributed by atoms with Crippen LogP contribution in [0.25, 0.3) is 44.7 Å². The zero-order valence-electron chi connectivity index (χ0n) is 28.8. The average molecular weight is 665 g/mol. The van der Waals surface area contributed by atoms with E-state index in [1.807, 2.05) is 43.3 Å². The number of oxazole rings is 1. The first-order valence-electron chi connectivity index (χ1n) is 16.9. The molecule has 0 radical (unpaired) electrons. The van der Waals surface area contributed by atoms with E-state index >= 15 is 0 Å². The average Bonchev–Trinajstić information content (AvgIpc) is 3.70. The lowest BCUT2D eigenvalue weighted by Crippen LogP contribution is -2.19. The Morgan fingerprint density at radius 3 is 2.52 bits per heavy atom. The molecule has 1 atom stereocenters. The normalized spacial score (nSPS) is 14.7. The molecule has 0 saturated carbocycles. The topological polar surface area (TPSA) is 136 Å². The van der Waals surface area contributed by atoms with Crippen molar-refractivity contribution in [1.82, 2.24) is 30.2 Å². The van der Waals surface area contributed by atoms with Crippen LogP contribution in [0.2, 0.25) is 0 Å². The highest BCUT2D eigenvalue weighted by Gasteiger charge is 2.22. The van der Waals surface area contributed by atoms with E-state index in [4.69, 9.17) is 19.4 Å². The van der Waals surface area contributed by atoms with Gasteiger partial charge in [0.05, 0.1) is 23.4 Å². The van der Waals surface area contributed by atoms with Gasteiger partial charge in [-0.15, -0.1) is 0 Å². The number of nitriles is 1. The van der Waals surface area contributed by atoms with Crippen molar-refractivity contribution in [3.63, 3.8) is 0 Å². The Balaban J connectivity index is 1.19. The number of rotatable bonds is 10. The summed E-state index contributed by atoms with van der Waals surface area (Å²) in [6.07, 6.45) is 2.99. The maximum absolute atomic E-state index is 10.0. The molecule has 1 aliphatic heterocycles. The fourth-order valence-electron chi connectivity index (χ4n) is 6.87. The second kappa shape index (κ2) is 13.7. The number of hydrogen-bond donors (Lipinski definition) is 3. The molecule has 0 bridgehead atoms. The van der Waals surface area contributed by atoms with Crippen LogP contribution in [-0.2, 0) is 13.1 Å². The summed E-state index contributed by atoms with van der Waals surface area (Å²) in [6, 6.07) is 20.6. The number of aromatic nitrogens is 4. The molecule has 1 saturated heterocycles. The molecule has 3 aromatic heterocycles. The number of fused-ring (bicyclic) bond motifs is 2. The van der Waals surface area contributed by atoms with Gasteiger partial charge in [-0.25, -0.2) is 15.0 Å². The molecular formula is C40H40N8O2. The summed E-state index contributed by atoms with van der Waals surface area (Å²) in [6.45, 7) is 15.6. The molecular weight excluding hydrogens is 624 g/mol. The van der Waals surface area contributed by atoms with Gasteiger partial charge in [0, 0.05) is 37.1 Å². The van der Waals surface area contributed by atoms with Crippen molar-refractivity contribution >= 4 is 33.6 Å². The van der Waals surface area contributed by atoms with Crippen LogP contribution in [0.1, 0.15) is 47.0 Å². The van der Waals surface area contributed by atoms with Crippen molar-refractivity contribution in [2.24, 2.45) is 5.92 Å². The molecule has 1 fully saturated rings. The van der Waals surface area contributed by atoms with Crippen LogP contribution in [0.5, 0.6) is 0 Å². The number of hydrogen-bond acceptors (Lipinski definition) is 10. The van der Waals surface area contributed by atoms with Gasteiger partial charge < -0.3 is 20.2 Å². The molecule has 6 aromatic rings. The highest BCUT2D eigenvalue weighted by Crippen LogP contribution is 2.38. The minimum absolute atomic E-state index is 0.0831. The van der Waals surface area contributed by atoms with E-state index in [-0.39, 0.29) is 5.76 Å². The Bertz CT molecular complexity index is 2300. The number of likely N-dealkylation sites (tertiary alicyclic amines) is 1. The molecule has 1 aliphatic rings. The maximum Gasteiger partial charge on any atom is 0.227 e. The quantitative estimate of drug-likeness (QED) is 0.123. The van der Waals surface area contributed by atoms with Crippen molar-refractivity contribution < 1.29 is 9.52 Å². The first-order valence-corrected chi connectivity index (χ1v) is 16.9. The number of aliphatic hydroxyl groups is 1. The van der Waals surface area contributed by atoms with E-state index in [1.54, 1.807) is 6.20 Å². The number of aliphatic hydroxyl groups excluding tert-OH is 1. The second-order valence-corrected chi connectivity index (χ2v) is 13.3. The van der Waals surface area contributed by atoms with Gasteiger partial charge in [-0.3, -0.25) is 9.88 Å². The monoisotopic (exact) mass is 664 g/mol. The molecule has 10 heteroatoms. The summed E-state index contributed by atoms with van der Waals surface area (Å²) in [7, 11) is 0. The third-order valence-electron chi connectivity index (χ3n) is 9.39. The van der Waals surface area contributed by atoms with E-state index < -0.39 is 0 Å². The van der Waals surface area contributed by atoms with Gasteiger partial charge in [-0.2, -0.15) is 5.26 Å². The zero-order chi connectivity index (χ0) is 34.9. The number of aryl methyl sites for hydroxylation is 1. The van der Waals surface area contributed by atoms with Crippen molar-refractivity contribution in [3.05, 3.63) is 107 Å². The smallest absolute Gasteiger partial charge is 0.227 e. The van der Waals surface area contributed by atoms with Crippen molar-refractivity contribution in [2.75, 3.05) is 25.0 Å². The van der Waals surface area contributed by atoms with Crippen LogP contribution in [0.4, 0.5) is 11.5 Å².